The number of carbonyl (C=O) groups excluding carboxylic acids is 4. The fourth-order valence-corrected chi connectivity index (χ4v) is 5.32. The van der Waals surface area contributed by atoms with Gasteiger partial charge < -0.3 is 20.4 Å². The topological polar surface area (TPSA) is 155 Å². The Kier molecular flexibility index (Phi) is 9.97. The Bertz CT molecular complexity index is 1950. The van der Waals surface area contributed by atoms with E-state index in [2.05, 4.69) is 35.6 Å². The van der Waals surface area contributed by atoms with Crippen molar-refractivity contribution < 1.29 is 32.7 Å². The summed E-state index contributed by atoms with van der Waals surface area (Å²) >= 11 is 12.5. The number of carbonyl (C=O) groups is 4. The highest BCUT2D eigenvalue weighted by Crippen LogP contribution is 2.36. The van der Waals surface area contributed by atoms with Gasteiger partial charge in [-0.05, 0) is 55.5 Å². The van der Waals surface area contributed by atoms with Crippen molar-refractivity contribution in [3.8, 4) is 11.3 Å². The molecule has 0 radical (unpaired) electrons. The summed E-state index contributed by atoms with van der Waals surface area (Å²) in [5, 5.41) is 7.90. The number of aromatic nitrogens is 3. The summed E-state index contributed by atoms with van der Waals surface area (Å²) < 4.78 is 34.2. The number of Topliss-reactive ketones (excluding diaryl/α,β-unsaturated/α-hetero) is 1. The first-order chi connectivity index (χ1) is 22.4. The number of nitrogens with one attached hydrogen (secondary N) is 4. The molecule has 11 nitrogen and oxygen atoms in total. The third-order valence-corrected chi connectivity index (χ3v) is 7.76. The summed E-state index contributed by atoms with van der Waals surface area (Å²) in [5.74, 6) is -2.86. The van der Waals surface area contributed by atoms with Crippen LogP contribution in [0.15, 0.2) is 48.5 Å². The fraction of sp³-hybridized carbons (Fsp3) is 0.188. The highest BCUT2D eigenvalue weighted by molar-refractivity contribution is 6.32. The lowest BCUT2D eigenvalue weighted by Gasteiger charge is -2.17. The van der Waals surface area contributed by atoms with E-state index in [-0.39, 0.29) is 63.5 Å². The van der Waals surface area contributed by atoms with Gasteiger partial charge in [-0.15, -0.1) is 0 Å². The van der Waals surface area contributed by atoms with Crippen LogP contribution in [-0.4, -0.2) is 45.8 Å². The summed E-state index contributed by atoms with van der Waals surface area (Å²) in [4.78, 5) is 62.0. The average molecular weight is 683 g/mol. The Morgan fingerprint density at radius 3 is 2.60 bits per heavy atom. The molecule has 5 rings (SSSR count). The number of ether oxygens (including phenoxy) is 1. The number of aromatic amines is 1. The second-order valence-corrected chi connectivity index (χ2v) is 11.2. The Morgan fingerprint density at radius 2 is 1.85 bits per heavy atom. The molecule has 0 spiro atoms. The van der Waals surface area contributed by atoms with Gasteiger partial charge in [-0.25, -0.2) is 18.6 Å². The monoisotopic (exact) mass is 682 g/mol. The first-order valence-electron chi connectivity index (χ1n) is 14.1. The molecule has 1 unspecified atom stereocenters. The third kappa shape index (κ3) is 7.64. The molecular weight excluding hydrogens is 657 g/mol. The van der Waals surface area contributed by atoms with Crippen LogP contribution in [0.4, 0.5) is 25.0 Å². The molecular formula is C32H26Cl2F2N6O5. The number of H-pyrrole nitrogens is 1. The number of fused-ring (bicyclic) bond motifs is 6. The van der Waals surface area contributed by atoms with E-state index in [1.807, 2.05) is 0 Å². The number of rotatable bonds is 5. The van der Waals surface area contributed by atoms with Crippen LogP contribution in [0, 0.1) is 11.6 Å². The number of hydrogen-bond acceptors (Lipinski definition) is 7. The Morgan fingerprint density at radius 1 is 1.06 bits per heavy atom. The van der Waals surface area contributed by atoms with E-state index >= 15 is 0 Å². The number of imidazole rings is 1. The maximum absolute atomic E-state index is 14.8. The maximum Gasteiger partial charge on any atom is 0.411 e. The van der Waals surface area contributed by atoms with Gasteiger partial charge in [0, 0.05) is 53.4 Å². The van der Waals surface area contributed by atoms with Crippen LogP contribution in [0.2, 0.25) is 10.2 Å². The summed E-state index contributed by atoms with van der Waals surface area (Å²) in [7, 11) is 1.20. The van der Waals surface area contributed by atoms with E-state index in [9.17, 15) is 28.0 Å². The van der Waals surface area contributed by atoms with Crippen molar-refractivity contribution in [3.63, 3.8) is 0 Å². The van der Waals surface area contributed by atoms with Gasteiger partial charge in [0.25, 0.3) is 0 Å². The molecule has 0 saturated carbocycles. The zero-order valence-electron chi connectivity index (χ0n) is 24.8. The van der Waals surface area contributed by atoms with Crippen LogP contribution in [0.3, 0.4) is 0 Å². The van der Waals surface area contributed by atoms with Crippen LogP contribution < -0.4 is 16.0 Å². The minimum Gasteiger partial charge on any atom is -0.453 e. The summed E-state index contributed by atoms with van der Waals surface area (Å²) in [6.45, 7) is 1.26. The standard InChI is InChI=1S/C32H26Cl2F2N6O5/c1-15(43)18-6-8-21(33)28(36)19(18)7-11-26(44)40-25-14-16-4-9-22(35)23(37-16)10-12-27(45)39-24-13-17(38-32(46)47-2)3-5-20(24)29-30(34)42-31(25)41-29/h3-9,11,13,25H,10,12,14H2,1-2H3,(H,38,46)(H,39,45)(H,40,44)(H,41,42)/b11-7+. The van der Waals surface area contributed by atoms with Crippen molar-refractivity contribution in [2.45, 2.75) is 32.2 Å². The largest absolute Gasteiger partial charge is 0.453 e. The maximum atomic E-state index is 14.8. The summed E-state index contributed by atoms with van der Waals surface area (Å²) in [5.41, 5.74) is 1.41. The highest BCUT2D eigenvalue weighted by Gasteiger charge is 2.25. The van der Waals surface area contributed by atoms with Gasteiger partial charge in [-0.2, -0.15) is 0 Å². The van der Waals surface area contributed by atoms with E-state index in [4.69, 9.17) is 23.2 Å². The van der Waals surface area contributed by atoms with Crippen LogP contribution >= 0.6 is 23.2 Å². The zero-order valence-corrected chi connectivity index (χ0v) is 26.4. The summed E-state index contributed by atoms with van der Waals surface area (Å²) in [6.07, 6.45) is 1.30. The van der Waals surface area contributed by atoms with Crippen LogP contribution in [-0.2, 0) is 27.2 Å². The molecule has 4 N–H and O–H groups in total. The van der Waals surface area contributed by atoms with E-state index in [1.165, 1.54) is 44.4 Å². The lowest BCUT2D eigenvalue weighted by molar-refractivity contribution is -0.117. The van der Waals surface area contributed by atoms with Crippen molar-refractivity contribution in [3.05, 3.63) is 98.7 Å². The van der Waals surface area contributed by atoms with Gasteiger partial charge in [0.1, 0.15) is 28.3 Å². The molecule has 1 aliphatic rings. The van der Waals surface area contributed by atoms with E-state index in [0.717, 1.165) is 12.2 Å². The highest BCUT2D eigenvalue weighted by atomic mass is 35.5. The Labute approximate surface area is 276 Å². The van der Waals surface area contributed by atoms with Gasteiger partial charge in [-0.1, -0.05) is 23.2 Å². The average Bonchev–Trinajstić information content (AvgIpc) is 3.42. The molecule has 0 aliphatic carbocycles. The first-order valence-corrected chi connectivity index (χ1v) is 14.9. The predicted octanol–water partition coefficient (Wildman–Crippen LogP) is 6.44. The van der Waals surface area contributed by atoms with Crippen molar-refractivity contribution >= 4 is 64.3 Å². The minimum atomic E-state index is -0.915. The van der Waals surface area contributed by atoms with Gasteiger partial charge >= 0.3 is 6.09 Å². The molecule has 3 amide bonds. The number of anilines is 2. The predicted molar refractivity (Wildman–Crippen MR) is 171 cm³/mol. The second kappa shape index (κ2) is 14.1. The molecule has 242 valence electrons. The molecule has 0 fully saturated rings. The van der Waals surface area contributed by atoms with Crippen LogP contribution in [0.1, 0.15) is 52.5 Å². The number of nitrogens with zero attached hydrogens (tertiary/aromatic N) is 2. The summed E-state index contributed by atoms with van der Waals surface area (Å²) in [6, 6.07) is 8.96. The molecule has 2 aromatic heterocycles. The van der Waals surface area contributed by atoms with E-state index < -0.39 is 41.4 Å². The number of methoxy groups -OCH3 is 1. The van der Waals surface area contributed by atoms with E-state index in [0.29, 0.717) is 16.9 Å². The van der Waals surface area contributed by atoms with Crippen LogP contribution in [0.5, 0.6) is 0 Å². The van der Waals surface area contributed by atoms with Gasteiger partial charge in [0.05, 0.1) is 29.6 Å². The smallest absolute Gasteiger partial charge is 0.411 e. The van der Waals surface area contributed by atoms with Gasteiger partial charge in [0.15, 0.2) is 5.78 Å². The SMILES string of the molecule is COC(=O)Nc1ccc2c(c1)NC(=O)CCc1nc(ccc1F)CC(NC(=O)/C=C/c1c(C(C)=O)ccc(Cl)c1F)c1nc-2c(Cl)[nH]1. The lowest BCUT2D eigenvalue weighted by Crippen LogP contribution is -2.29. The van der Waals surface area contributed by atoms with Crippen molar-refractivity contribution in [1.29, 1.82) is 0 Å². The van der Waals surface area contributed by atoms with E-state index in [1.54, 1.807) is 12.1 Å². The number of benzene rings is 2. The number of hydrogen-bond donors (Lipinski definition) is 4. The number of aryl methyl sites for hydroxylation is 1. The molecule has 2 aromatic carbocycles. The molecule has 1 atom stereocenters. The molecule has 0 saturated heterocycles. The molecule has 1 aliphatic heterocycles. The normalized spacial score (nSPS) is 14.5. The number of pyridine rings is 1. The number of halogens is 4. The van der Waals surface area contributed by atoms with Crippen molar-refractivity contribution in [2.24, 2.45) is 0 Å². The molecule has 3 heterocycles. The lowest BCUT2D eigenvalue weighted by atomic mass is 10.0. The van der Waals surface area contributed by atoms with Crippen molar-refractivity contribution in [2.75, 3.05) is 17.7 Å². The molecule has 4 bridgehead atoms. The number of amides is 3. The van der Waals surface area contributed by atoms with Crippen molar-refractivity contribution in [1.82, 2.24) is 20.3 Å². The quantitative estimate of drug-likeness (QED) is 0.140. The zero-order chi connectivity index (χ0) is 33.8. The first kappa shape index (κ1) is 33.2. The second-order valence-electron chi connectivity index (χ2n) is 10.4. The van der Waals surface area contributed by atoms with Gasteiger partial charge in [0.2, 0.25) is 11.8 Å². The molecule has 4 aromatic rings. The minimum absolute atomic E-state index is 0.0153. The Balaban J connectivity index is 1.56. The fourth-order valence-electron chi connectivity index (χ4n) is 4.92. The third-order valence-electron chi connectivity index (χ3n) is 7.20. The number of ketones is 1. The van der Waals surface area contributed by atoms with Crippen LogP contribution in [0.25, 0.3) is 17.3 Å². The van der Waals surface area contributed by atoms with Gasteiger partial charge in [-0.3, -0.25) is 24.7 Å². The Hall–Kier alpha value is -5.14. The molecule has 47 heavy (non-hydrogen) atoms. The molecule has 15 heteroatoms.